The Bertz CT molecular complexity index is 1210. The number of thiophene rings is 1. The number of nitrogens with zero attached hydrogens (tertiary/aromatic N) is 1. The monoisotopic (exact) mass is 400 g/mol. The normalized spacial score (nSPS) is 13.0. The van der Waals surface area contributed by atoms with Crippen LogP contribution >= 0.6 is 11.3 Å². The van der Waals surface area contributed by atoms with E-state index in [1.54, 1.807) is 35.7 Å². The highest BCUT2D eigenvalue weighted by Gasteiger charge is 2.23. The minimum Gasteiger partial charge on any atom is -0.306 e. The standard InChI is InChI=1S/C18H16N4O3S2/c23-18-20-15-5-4-13(10-16(15)21-18)27(24,25)22-17(9-12-6-8-26-11-12)14-3-1-2-7-19-14/h1-8,10-11,17,22H,9H2,(H2,20,21,23). The summed E-state index contributed by atoms with van der Waals surface area (Å²) in [5.74, 6) is 0. The van der Waals surface area contributed by atoms with Crippen LogP contribution in [0.4, 0.5) is 0 Å². The quantitative estimate of drug-likeness (QED) is 0.462. The first-order chi connectivity index (χ1) is 13.0. The summed E-state index contributed by atoms with van der Waals surface area (Å²) in [6.07, 6.45) is 2.13. The molecule has 4 rings (SSSR count). The van der Waals surface area contributed by atoms with Gasteiger partial charge in [-0.2, -0.15) is 11.3 Å². The fourth-order valence-corrected chi connectivity index (χ4v) is 4.78. The molecule has 0 bridgehead atoms. The van der Waals surface area contributed by atoms with Crippen molar-refractivity contribution in [3.63, 3.8) is 0 Å². The number of rotatable bonds is 6. The van der Waals surface area contributed by atoms with Crippen molar-refractivity contribution >= 4 is 32.4 Å². The number of hydrogen-bond acceptors (Lipinski definition) is 5. The first-order valence-corrected chi connectivity index (χ1v) is 10.6. The zero-order chi connectivity index (χ0) is 18.9. The van der Waals surface area contributed by atoms with E-state index in [2.05, 4.69) is 19.7 Å². The zero-order valence-corrected chi connectivity index (χ0v) is 15.7. The largest absolute Gasteiger partial charge is 0.323 e. The van der Waals surface area contributed by atoms with Crippen molar-refractivity contribution in [1.29, 1.82) is 0 Å². The molecule has 4 aromatic rings. The molecule has 0 spiro atoms. The van der Waals surface area contributed by atoms with E-state index in [-0.39, 0.29) is 10.6 Å². The van der Waals surface area contributed by atoms with Gasteiger partial charge in [0.1, 0.15) is 0 Å². The Morgan fingerprint density at radius 2 is 1.96 bits per heavy atom. The summed E-state index contributed by atoms with van der Waals surface area (Å²) in [5, 5.41) is 3.94. The lowest BCUT2D eigenvalue weighted by Gasteiger charge is -2.18. The molecule has 7 nitrogen and oxygen atoms in total. The molecular formula is C18H16N4O3S2. The number of aromatic amines is 2. The maximum absolute atomic E-state index is 13.0. The summed E-state index contributed by atoms with van der Waals surface area (Å²) in [4.78, 5) is 21.0. The van der Waals surface area contributed by atoms with Crippen LogP contribution in [0.1, 0.15) is 17.3 Å². The lowest BCUT2D eigenvalue weighted by atomic mass is 10.1. The Hall–Kier alpha value is -2.75. The highest BCUT2D eigenvalue weighted by Crippen LogP contribution is 2.22. The number of benzene rings is 1. The Morgan fingerprint density at radius 3 is 2.70 bits per heavy atom. The minimum atomic E-state index is -3.82. The molecule has 3 N–H and O–H groups in total. The van der Waals surface area contributed by atoms with E-state index in [1.165, 1.54) is 12.1 Å². The van der Waals surface area contributed by atoms with Crippen LogP contribution in [-0.2, 0) is 16.4 Å². The highest BCUT2D eigenvalue weighted by molar-refractivity contribution is 7.89. The SMILES string of the molecule is O=c1[nH]c2ccc(S(=O)(=O)NC(Cc3ccsc3)c3ccccn3)cc2[nH]1. The van der Waals surface area contributed by atoms with Gasteiger partial charge in [0.05, 0.1) is 27.7 Å². The number of nitrogens with one attached hydrogen (secondary N) is 3. The van der Waals surface area contributed by atoms with Gasteiger partial charge in [0.25, 0.3) is 0 Å². The summed E-state index contributed by atoms with van der Waals surface area (Å²) in [7, 11) is -3.82. The van der Waals surface area contributed by atoms with E-state index in [9.17, 15) is 13.2 Å². The topological polar surface area (TPSA) is 108 Å². The van der Waals surface area contributed by atoms with Crippen molar-refractivity contribution < 1.29 is 8.42 Å². The summed E-state index contributed by atoms with van der Waals surface area (Å²) in [6.45, 7) is 0. The molecule has 0 saturated heterocycles. The van der Waals surface area contributed by atoms with Gasteiger partial charge < -0.3 is 9.97 Å². The third kappa shape index (κ3) is 3.85. The van der Waals surface area contributed by atoms with Gasteiger partial charge in [-0.15, -0.1) is 0 Å². The number of pyridine rings is 1. The molecule has 1 atom stereocenters. The van der Waals surface area contributed by atoms with Crippen molar-refractivity contribution in [3.8, 4) is 0 Å². The van der Waals surface area contributed by atoms with E-state index < -0.39 is 16.1 Å². The van der Waals surface area contributed by atoms with Gasteiger partial charge in [0.15, 0.2) is 0 Å². The fourth-order valence-electron chi connectivity index (χ4n) is 2.87. The molecular weight excluding hydrogens is 384 g/mol. The van der Waals surface area contributed by atoms with Crippen molar-refractivity contribution in [2.24, 2.45) is 0 Å². The van der Waals surface area contributed by atoms with Gasteiger partial charge in [-0.1, -0.05) is 6.07 Å². The first kappa shape index (κ1) is 17.7. The molecule has 0 aliphatic carbocycles. The van der Waals surface area contributed by atoms with Gasteiger partial charge in [0, 0.05) is 6.20 Å². The predicted molar refractivity (Wildman–Crippen MR) is 104 cm³/mol. The molecule has 9 heteroatoms. The van der Waals surface area contributed by atoms with E-state index >= 15 is 0 Å². The molecule has 3 heterocycles. The Labute approximate surface area is 159 Å². The van der Waals surface area contributed by atoms with Crippen LogP contribution in [0.25, 0.3) is 11.0 Å². The summed E-state index contributed by atoms with van der Waals surface area (Å²) in [6, 6.07) is 11.3. The average molecular weight is 400 g/mol. The van der Waals surface area contributed by atoms with Crippen molar-refractivity contribution in [2.75, 3.05) is 0 Å². The van der Waals surface area contributed by atoms with Gasteiger partial charge in [-0.25, -0.2) is 17.9 Å². The molecule has 1 unspecified atom stereocenters. The second kappa shape index (κ2) is 7.10. The Kier molecular flexibility index (Phi) is 4.65. The van der Waals surface area contributed by atoms with Crippen molar-refractivity contribution in [3.05, 3.63) is 81.2 Å². The second-order valence-corrected chi connectivity index (χ2v) is 8.54. The van der Waals surface area contributed by atoms with Crippen LogP contribution in [-0.4, -0.2) is 23.4 Å². The molecule has 27 heavy (non-hydrogen) atoms. The molecule has 0 fully saturated rings. The van der Waals surface area contributed by atoms with E-state index in [0.29, 0.717) is 23.1 Å². The number of aromatic nitrogens is 3. The maximum atomic E-state index is 13.0. The van der Waals surface area contributed by atoms with Crippen molar-refractivity contribution in [2.45, 2.75) is 17.4 Å². The lowest BCUT2D eigenvalue weighted by Crippen LogP contribution is -2.30. The molecule has 1 aromatic carbocycles. The van der Waals surface area contributed by atoms with Crippen LogP contribution in [0, 0.1) is 0 Å². The molecule has 138 valence electrons. The highest BCUT2D eigenvalue weighted by atomic mass is 32.2. The van der Waals surface area contributed by atoms with Crippen molar-refractivity contribution in [1.82, 2.24) is 19.7 Å². The Balaban J connectivity index is 1.68. The zero-order valence-electron chi connectivity index (χ0n) is 14.0. The second-order valence-electron chi connectivity index (χ2n) is 6.05. The van der Waals surface area contributed by atoms with Gasteiger partial charge >= 0.3 is 5.69 Å². The van der Waals surface area contributed by atoms with Crippen LogP contribution in [0.2, 0.25) is 0 Å². The van der Waals surface area contributed by atoms with Crippen LogP contribution in [0.15, 0.2) is 69.1 Å². The first-order valence-electron chi connectivity index (χ1n) is 8.18. The number of sulfonamides is 1. The van der Waals surface area contributed by atoms with Gasteiger partial charge in [-0.05, 0) is 59.1 Å². The van der Waals surface area contributed by atoms with Crippen LogP contribution in [0.3, 0.4) is 0 Å². The van der Waals surface area contributed by atoms with Crippen LogP contribution in [0.5, 0.6) is 0 Å². The molecule has 3 aromatic heterocycles. The summed E-state index contributed by atoms with van der Waals surface area (Å²) < 4.78 is 28.7. The van der Waals surface area contributed by atoms with E-state index in [1.807, 2.05) is 22.9 Å². The van der Waals surface area contributed by atoms with E-state index in [4.69, 9.17) is 0 Å². The number of imidazole rings is 1. The third-order valence-corrected chi connectivity index (χ3v) is 6.36. The molecule has 0 amide bonds. The number of H-pyrrole nitrogens is 2. The number of hydrogen-bond donors (Lipinski definition) is 3. The fraction of sp³-hybridized carbons (Fsp3) is 0.111. The summed E-state index contributed by atoms with van der Waals surface area (Å²) in [5.41, 5.74) is 2.29. The van der Waals surface area contributed by atoms with E-state index in [0.717, 1.165) is 5.56 Å². The van der Waals surface area contributed by atoms with Gasteiger partial charge in [0.2, 0.25) is 10.0 Å². The molecule has 0 saturated carbocycles. The minimum absolute atomic E-state index is 0.0801. The average Bonchev–Trinajstić information content (AvgIpc) is 3.29. The number of fused-ring (bicyclic) bond motifs is 1. The summed E-state index contributed by atoms with van der Waals surface area (Å²) >= 11 is 1.56. The predicted octanol–water partition coefficient (Wildman–Crippen LogP) is 2.58. The maximum Gasteiger partial charge on any atom is 0.323 e. The lowest BCUT2D eigenvalue weighted by molar-refractivity contribution is 0.550. The molecule has 0 aliphatic rings. The molecule has 0 radical (unpaired) electrons. The Morgan fingerprint density at radius 1 is 1.11 bits per heavy atom. The smallest absolute Gasteiger partial charge is 0.306 e. The third-order valence-electron chi connectivity index (χ3n) is 4.16. The van der Waals surface area contributed by atoms with Crippen LogP contribution < -0.4 is 10.4 Å². The van der Waals surface area contributed by atoms with Gasteiger partial charge in [-0.3, -0.25) is 4.98 Å². The molecule has 0 aliphatic heterocycles.